The normalized spacial score (nSPS) is 12.1. The molecule has 3 aromatic rings. The number of fused-ring (bicyclic) bond motifs is 1. The highest BCUT2D eigenvalue weighted by Gasteiger charge is 2.14. The smallest absolute Gasteiger partial charge is 0.319 e. The fourth-order valence-electron chi connectivity index (χ4n) is 3.22. The van der Waals surface area contributed by atoms with Crippen LogP contribution < -0.4 is 20.1 Å². The van der Waals surface area contributed by atoms with Crippen molar-refractivity contribution in [1.82, 2.24) is 15.1 Å². The predicted molar refractivity (Wildman–Crippen MR) is 106 cm³/mol. The average molecular weight is 378 g/mol. The van der Waals surface area contributed by atoms with E-state index in [0.717, 1.165) is 34.1 Å². The number of benzene rings is 2. The van der Waals surface area contributed by atoms with Gasteiger partial charge in [-0.3, -0.25) is 0 Å². The predicted octanol–water partition coefficient (Wildman–Crippen LogP) is 3.58. The molecule has 0 radical (unpaired) electrons. The molecule has 0 fully saturated rings. The van der Waals surface area contributed by atoms with Gasteiger partial charge in [0.05, 0.1) is 17.1 Å². The molecule has 0 bridgehead atoms. The van der Waals surface area contributed by atoms with E-state index in [1.54, 1.807) is 0 Å². The third-order valence-electron chi connectivity index (χ3n) is 4.53. The van der Waals surface area contributed by atoms with Crippen LogP contribution >= 0.6 is 0 Å². The molecule has 1 aliphatic heterocycles. The average Bonchev–Trinajstić information content (AvgIpc) is 3.27. The van der Waals surface area contributed by atoms with Gasteiger partial charge in [0, 0.05) is 12.2 Å². The number of aryl methyl sites for hydroxylation is 2. The summed E-state index contributed by atoms with van der Waals surface area (Å²) < 4.78 is 12.5. The van der Waals surface area contributed by atoms with Crippen LogP contribution in [0, 0.1) is 13.8 Å². The van der Waals surface area contributed by atoms with E-state index in [2.05, 4.69) is 15.7 Å². The molecule has 0 unspecified atom stereocenters. The lowest BCUT2D eigenvalue weighted by atomic mass is 10.1. The highest BCUT2D eigenvalue weighted by Crippen LogP contribution is 2.32. The molecule has 2 heterocycles. The Morgan fingerprint density at radius 1 is 1.11 bits per heavy atom. The molecular formula is C21H22N4O3. The molecule has 0 atom stereocenters. The van der Waals surface area contributed by atoms with E-state index >= 15 is 0 Å². The number of urea groups is 1. The molecule has 28 heavy (non-hydrogen) atoms. The summed E-state index contributed by atoms with van der Waals surface area (Å²) in [5, 5.41) is 10.3. The van der Waals surface area contributed by atoms with Gasteiger partial charge in [-0.25, -0.2) is 9.48 Å². The Labute approximate surface area is 163 Å². The molecule has 0 spiro atoms. The van der Waals surface area contributed by atoms with Crippen LogP contribution in [0.15, 0.2) is 48.5 Å². The topological polar surface area (TPSA) is 77.4 Å². The zero-order chi connectivity index (χ0) is 19.5. The zero-order valence-corrected chi connectivity index (χ0v) is 15.9. The molecule has 0 saturated carbocycles. The van der Waals surface area contributed by atoms with Gasteiger partial charge in [0.25, 0.3) is 0 Å². The van der Waals surface area contributed by atoms with Crippen molar-refractivity contribution in [1.29, 1.82) is 0 Å². The number of rotatable bonds is 5. The minimum Gasteiger partial charge on any atom is -0.454 e. The molecular weight excluding hydrogens is 356 g/mol. The highest BCUT2D eigenvalue weighted by atomic mass is 16.7. The Morgan fingerprint density at radius 2 is 1.93 bits per heavy atom. The number of hydrogen-bond donors (Lipinski definition) is 2. The second-order valence-electron chi connectivity index (χ2n) is 6.67. The van der Waals surface area contributed by atoms with E-state index in [4.69, 9.17) is 9.47 Å². The van der Waals surface area contributed by atoms with Gasteiger partial charge in [0.2, 0.25) is 6.79 Å². The van der Waals surface area contributed by atoms with Crippen molar-refractivity contribution in [3.63, 3.8) is 0 Å². The maximum absolute atomic E-state index is 12.4. The number of anilines is 1. The summed E-state index contributed by atoms with van der Waals surface area (Å²) in [7, 11) is 0. The SMILES string of the molecule is Cc1cc(C)n(-c2ccccc2NC(=O)NCCc2ccc3c(c2)OCO3)n1. The van der Waals surface area contributed by atoms with Gasteiger partial charge in [0.1, 0.15) is 0 Å². The number of para-hydroxylation sites is 2. The quantitative estimate of drug-likeness (QED) is 0.711. The van der Waals surface area contributed by atoms with E-state index < -0.39 is 0 Å². The number of hydrogen-bond acceptors (Lipinski definition) is 4. The number of ether oxygens (including phenoxy) is 2. The van der Waals surface area contributed by atoms with Crippen LogP contribution in [0.2, 0.25) is 0 Å². The van der Waals surface area contributed by atoms with E-state index in [9.17, 15) is 4.79 Å². The van der Waals surface area contributed by atoms with E-state index in [1.807, 2.05) is 67.1 Å². The molecule has 2 amide bonds. The molecule has 144 valence electrons. The van der Waals surface area contributed by atoms with E-state index in [-0.39, 0.29) is 12.8 Å². The van der Waals surface area contributed by atoms with Gasteiger partial charge in [-0.2, -0.15) is 5.10 Å². The third-order valence-corrected chi connectivity index (χ3v) is 4.53. The van der Waals surface area contributed by atoms with E-state index in [0.29, 0.717) is 18.7 Å². The molecule has 4 rings (SSSR count). The van der Waals surface area contributed by atoms with Crippen LogP contribution in [0.3, 0.4) is 0 Å². The van der Waals surface area contributed by atoms with Crippen LogP contribution in [0.4, 0.5) is 10.5 Å². The summed E-state index contributed by atoms with van der Waals surface area (Å²) >= 11 is 0. The van der Waals surface area contributed by atoms with Crippen molar-refractivity contribution in [3.8, 4) is 17.2 Å². The highest BCUT2D eigenvalue weighted by molar-refractivity contribution is 5.91. The van der Waals surface area contributed by atoms with Crippen molar-refractivity contribution >= 4 is 11.7 Å². The van der Waals surface area contributed by atoms with Gasteiger partial charge in [-0.05, 0) is 56.2 Å². The van der Waals surface area contributed by atoms with Gasteiger partial charge in [0.15, 0.2) is 11.5 Å². The van der Waals surface area contributed by atoms with Crippen LogP contribution in [-0.2, 0) is 6.42 Å². The lowest BCUT2D eigenvalue weighted by Crippen LogP contribution is -2.30. The van der Waals surface area contributed by atoms with Crippen LogP contribution in [0.25, 0.3) is 5.69 Å². The first-order chi connectivity index (χ1) is 13.6. The summed E-state index contributed by atoms with van der Waals surface area (Å²) in [5.41, 5.74) is 4.55. The number of carbonyl (C=O) groups is 1. The molecule has 2 aromatic carbocycles. The molecule has 2 N–H and O–H groups in total. The largest absolute Gasteiger partial charge is 0.454 e. The Balaban J connectivity index is 1.37. The summed E-state index contributed by atoms with van der Waals surface area (Å²) in [6.45, 7) is 4.70. The number of amides is 2. The standard InChI is InChI=1S/C21H22N4O3/c1-14-11-15(2)25(24-14)18-6-4-3-5-17(18)23-21(26)22-10-9-16-7-8-19-20(12-16)28-13-27-19/h3-8,11-12H,9-10,13H2,1-2H3,(H2,22,23,26). The number of aromatic nitrogens is 2. The first kappa shape index (κ1) is 17.9. The summed E-state index contributed by atoms with van der Waals surface area (Å²) in [4.78, 5) is 12.4. The summed E-state index contributed by atoms with van der Waals surface area (Å²) in [5.74, 6) is 1.51. The third kappa shape index (κ3) is 3.78. The molecule has 7 nitrogen and oxygen atoms in total. The fraction of sp³-hybridized carbons (Fsp3) is 0.238. The Hall–Kier alpha value is -3.48. The Bertz CT molecular complexity index is 1010. The lowest BCUT2D eigenvalue weighted by Gasteiger charge is -2.13. The maximum Gasteiger partial charge on any atom is 0.319 e. The molecule has 7 heteroatoms. The van der Waals surface area contributed by atoms with Crippen molar-refractivity contribution in [3.05, 3.63) is 65.5 Å². The molecule has 1 aromatic heterocycles. The second kappa shape index (κ2) is 7.64. The minimum absolute atomic E-state index is 0.255. The zero-order valence-electron chi connectivity index (χ0n) is 15.9. The van der Waals surface area contributed by atoms with Crippen LogP contribution in [0.5, 0.6) is 11.5 Å². The lowest BCUT2D eigenvalue weighted by molar-refractivity contribution is 0.174. The fourth-order valence-corrected chi connectivity index (χ4v) is 3.22. The first-order valence-electron chi connectivity index (χ1n) is 9.16. The summed E-state index contributed by atoms with van der Waals surface area (Å²) in [6.07, 6.45) is 0.698. The van der Waals surface area contributed by atoms with Gasteiger partial charge >= 0.3 is 6.03 Å². The van der Waals surface area contributed by atoms with E-state index in [1.165, 1.54) is 0 Å². The number of nitrogens with zero attached hydrogens (tertiary/aromatic N) is 2. The first-order valence-corrected chi connectivity index (χ1v) is 9.16. The monoisotopic (exact) mass is 378 g/mol. The molecule has 1 aliphatic rings. The van der Waals surface area contributed by atoms with Gasteiger partial charge in [-0.1, -0.05) is 18.2 Å². The second-order valence-corrected chi connectivity index (χ2v) is 6.67. The minimum atomic E-state index is -0.255. The Kier molecular flexibility index (Phi) is 4.89. The van der Waals surface area contributed by atoms with Gasteiger partial charge < -0.3 is 20.1 Å². The van der Waals surface area contributed by atoms with Gasteiger partial charge in [-0.15, -0.1) is 0 Å². The number of carbonyl (C=O) groups excluding carboxylic acids is 1. The summed E-state index contributed by atoms with van der Waals surface area (Å²) in [6, 6.07) is 15.2. The molecule has 0 saturated heterocycles. The maximum atomic E-state index is 12.4. The Morgan fingerprint density at radius 3 is 2.75 bits per heavy atom. The van der Waals surface area contributed by atoms with Crippen molar-refractivity contribution in [2.45, 2.75) is 20.3 Å². The van der Waals surface area contributed by atoms with Crippen molar-refractivity contribution in [2.75, 3.05) is 18.7 Å². The van der Waals surface area contributed by atoms with Crippen molar-refractivity contribution in [2.24, 2.45) is 0 Å². The van der Waals surface area contributed by atoms with Crippen LogP contribution in [-0.4, -0.2) is 29.1 Å². The van der Waals surface area contributed by atoms with Crippen molar-refractivity contribution < 1.29 is 14.3 Å². The molecule has 0 aliphatic carbocycles. The van der Waals surface area contributed by atoms with Crippen LogP contribution in [0.1, 0.15) is 17.0 Å². The number of nitrogens with one attached hydrogen (secondary N) is 2.